The lowest BCUT2D eigenvalue weighted by Gasteiger charge is -2.12. The van der Waals surface area contributed by atoms with E-state index in [1.807, 2.05) is 13.8 Å². The van der Waals surface area contributed by atoms with E-state index in [4.69, 9.17) is 11.6 Å². The summed E-state index contributed by atoms with van der Waals surface area (Å²) in [5.74, 6) is 0.356. The molecule has 4 nitrogen and oxygen atoms in total. The smallest absolute Gasteiger partial charge is 0.282 e. The highest BCUT2D eigenvalue weighted by Crippen LogP contribution is 2.25. The fourth-order valence-corrected chi connectivity index (χ4v) is 3.16. The van der Waals surface area contributed by atoms with Gasteiger partial charge in [0.1, 0.15) is 4.83 Å². The molecule has 92 valence electrons. The minimum atomic E-state index is -0.277. The second-order valence-corrected chi connectivity index (χ2v) is 5.56. The van der Waals surface area contributed by atoms with Crippen LogP contribution in [0.25, 0.3) is 10.2 Å². The Morgan fingerprint density at radius 2 is 2.06 bits per heavy atom. The minimum absolute atomic E-state index is 0.0126. The van der Waals surface area contributed by atoms with Gasteiger partial charge in [0.15, 0.2) is 0 Å². The second kappa shape index (κ2) is 4.31. The summed E-state index contributed by atoms with van der Waals surface area (Å²) < 4.78 is 2.78. The Bertz CT molecular complexity index is 681. The van der Waals surface area contributed by atoms with Gasteiger partial charge in [-0.2, -0.15) is 0 Å². The molecule has 0 aliphatic rings. The van der Waals surface area contributed by atoms with E-state index in [9.17, 15) is 9.59 Å². The first kappa shape index (κ1) is 12.4. The average Bonchev–Trinajstić information content (AvgIpc) is 2.69. The van der Waals surface area contributed by atoms with Gasteiger partial charge in [-0.25, -0.2) is 4.79 Å². The van der Waals surface area contributed by atoms with Gasteiger partial charge in [-0.3, -0.25) is 13.9 Å². The Morgan fingerprint density at radius 3 is 2.59 bits per heavy atom. The molecular weight excluding hydrogens is 260 g/mol. The quantitative estimate of drug-likeness (QED) is 0.786. The number of hydrogen-bond acceptors (Lipinski definition) is 3. The van der Waals surface area contributed by atoms with Gasteiger partial charge in [0.05, 0.1) is 11.3 Å². The topological polar surface area (TPSA) is 44.0 Å². The molecule has 2 aromatic rings. The van der Waals surface area contributed by atoms with Crippen LogP contribution in [-0.4, -0.2) is 9.13 Å². The average molecular weight is 273 g/mol. The third kappa shape index (κ3) is 1.83. The molecule has 0 bridgehead atoms. The molecule has 0 aliphatic heterocycles. The van der Waals surface area contributed by atoms with Gasteiger partial charge in [-0.15, -0.1) is 22.9 Å². The first-order valence-corrected chi connectivity index (χ1v) is 6.62. The summed E-state index contributed by atoms with van der Waals surface area (Å²) in [6.45, 7) is 3.84. The number of alkyl halides is 1. The molecule has 2 heterocycles. The molecule has 0 amide bonds. The summed E-state index contributed by atoms with van der Waals surface area (Å²) in [6, 6.07) is 1.78. The molecule has 0 unspecified atom stereocenters. The first-order chi connectivity index (χ1) is 7.97. The molecule has 2 aromatic heterocycles. The van der Waals surface area contributed by atoms with Crippen LogP contribution in [-0.2, 0) is 12.9 Å². The van der Waals surface area contributed by atoms with E-state index in [0.29, 0.717) is 16.1 Å². The van der Waals surface area contributed by atoms with Crippen molar-refractivity contribution >= 4 is 33.2 Å². The summed E-state index contributed by atoms with van der Waals surface area (Å²) in [4.78, 5) is 25.6. The van der Waals surface area contributed by atoms with Crippen molar-refractivity contribution < 1.29 is 0 Å². The summed E-state index contributed by atoms with van der Waals surface area (Å²) in [7, 11) is 1.50. The second-order valence-electron chi connectivity index (χ2n) is 4.18. The standard InChI is InChI=1S/C11H13ClN2O2S/c1-6(2)14-10-8(4-7(5-12)17-10)9(15)13(3)11(14)16/h4,6H,5H2,1-3H3. The summed E-state index contributed by atoms with van der Waals surface area (Å²) in [5.41, 5.74) is -0.532. The largest absolute Gasteiger partial charge is 0.332 e. The maximum absolute atomic E-state index is 12.0. The maximum Gasteiger partial charge on any atom is 0.332 e. The van der Waals surface area contributed by atoms with E-state index in [0.717, 1.165) is 9.44 Å². The van der Waals surface area contributed by atoms with Crippen LogP contribution in [0.1, 0.15) is 24.8 Å². The Labute approximate surface area is 107 Å². The number of halogens is 1. The lowest BCUT2D eigenvalue weighted by Crippen LogP contribution is -2.38. The van der Waals surface area contributed by atoms with Crippen molar-refractivity contribution in [3.8, 4) is 0 Å². The van der Waals surface area contributed by atoms with E-state index < -0.39 is 0 Å². The SMILES string of the molecule is CC(C)n1c(=O)n(C)c(=O)c2cc(CCl)sc21. The Kier molecular flexibility index (Phi) is 3.14. The fraction of sp³-hybridized carbons (Fsp3) is 0.455. The Morgan fingerprint density at radius 1 is 1.41 bits per heavy atom. The molecule has 0 N–H and O–H groups in total. The van der Waals surface area contributed by atoms with Crippen LogP contribution >= 0.6 is 22.9 Å². The normalized spacial score (nSPS) is 11.6. The van der Waals surface area contributed by atoms with E-state index in [1.165, 1.54) is 18.4 Å². The summed E-state index contributed by atoms with van der Waals surface area (Å²) in [5, 5.41) is 0.571. The number of hydrogen-bond donors (Lipinski definition) is 0. The molecule has 0 fully saturated rings. The van der Waals surface area contributed by atoms with Crippen molar-refractivity contribution in [2.45, 2.75) is 25.8 Å². The van der Waals surface area contributed by atoms with Gasteiger partial charge in [0.25, 0.3) is 5.56 Å². The third-order valence-electron chi connectivity index (χ3n) is 2.66. The van der Waals surface area contributed by atoms with E-state index in [2.05, 4.69) is 0 Å². The number of aromatic nitrogens is 2. The van der Waals surface area contributed by atoms with Gasteiger partial charge in [0, 0.05) is 18.0 Å². The van der Waals surface area contributed by atoms with Gasteiger partial charge < -0.3 is 0 Å². The molecule has 0 saturated heterocycles. The predicted octanol–water partition coefficient (Wildman–Crippen LogP) is 2.08. The molecule has 0 aromatic carbocycles. The monoisotopic (exact) mass is 272 g/mol. The molecule has 2 rings (SSSR count). The zero-order valence-electron chi connectivity index (χ0n) is 9.86. The fourth-order valence-electron chi connectivity index (χ4n) is 1.80. The summed E-state index contributed by atoms with van der Waals surface area (Å²) >= 11 is 7.18. The van der Waals surface area contributed by atoms with Crippen molar-refractivity contribution in [2.75, 3.05) is 0 Å². The van der Waals surface area contributed by atoms with Gasteiger partial charge in [-0.05, 0) is 19.9 Å². The van der Waals surface area contributed by atoms with E-state index in [-0.39, 0.29) is 17.3 Å². The molecule has 0 spiro atoms. The van der Waals surface area contributed by atoms with Crippen molar-refractivity contribution in [2.24, 2.45) is 7.05 Å². The molecule has 0 atom stereocenters. The zero-order valence-corrected chi connectivity index (χ0v) is 11.4. The lowest BCUT2D eigenvalue weighted by atomic mass is 10.3. The maximum atomic E-state index is 12.0. The predicted molar refractivity (Wildman–Crippen MR) is 71.3 cm³/mol. The van der Waals surface area contributed by atoms with Crippen LogP contribution < -0.4 is 11.2 Å². The van der Waals surface area contributed by atoms with Gasteiger partial charge >= 0.3 is 5.69 Å². The molecule has 0 saturated carbocycles. The number of thiophene rings is 1. The van der Waals surface area contributed by atoms with Crippen molar-refractivity contribution in [1.82, 2.24) is 9.13 Å². The molecular formula is C11H13ClN2O2S. The van der Waals surface area contributed by atoms with E-state index in [1.54, 1.807) is 10.6 Å². The third-order valence-corrected chi connectivity index (χ3v) is 4.24. The Balaban J connectivity index is 3.02. The van der Waals surface area contributed by atoms with Crippen molar-refractivity contribution in [1.29, 1.82) is 0 Å². The van der Waals surface area contributed by atoms with Crippen LogP contribution in [0, 0.1) is 0 Å². The van der Waals surface area contributed by atoms with Crippen LogP contribution in [0.2, 0.25) is 0 Å². The summed E-state index contributed by atoms with van der Waals surface area (Å²) in [6.07, 6.45) is 0. The number of fused-ring (bicyclic) bond motifs is 1. The number of nitrogens with zero attached hydrogens (tertiary/aromatic N) is 2. The highest BCUT2D eigenvalue weighted by molar-refractivity contribution is 7.18. The molecule has 6 heteroatoms. The molecule has 17 heavy (non-hydrogen) atoms. The first-order valence-electron chi connectivity index (χ1n) is 5.27. The van der Waals surface area contributed by atoms with Crippen LogP contribution in [0.4, 0.5) is 0 Å². The van der Waals surface area contributed by atoms with Crippen molar-refractivity contribution in [3.63, 3.8) is 0 Å². The van der Waals surface area contributed by atoms with Gasteiger partial charge in [-0.1, -0.05) is 0 Å². The lowest BCUT2D eigenvalue weighted by molar-refractivity contribution is 0.559. The van der Waals surface area contributed by atoms with Crippen LogP contribution in [0.5, 0.6) is 0 Å². The highest BCUT2D eigenvalue weighted by atomic mass is 35.5. The zero-order chi connectivity index (χ0) is 12.7. The van der Waals surface area contributed by atoms with E-state index >= 15 is 0 Å². The van der Waals surface area contributed by atoms with Crippen LogP contribution in [0.3, 0.4) is 0 Å². The molecule has 0 aliphatic carbocycles. The van der Waals surface area contributed by atoms with Crippen molar-refractivity contribution in [3.05, 3.63) is 31.8 Å². The number of rotatable bonds is 2. The molecule has 0 radical (unpaired) electrons. The highest BCUT2D eigenvalue weighted by Gasteiger charge is 2.15. The minimum Gasteiger partial charge on any atom is -0.282 e. The Hall–Kier alpha value is -1.07. The van der Waals surface area contributed by atoms with Crippen LogP contribution in [0.15, 0.2) is 15.7 Å². The van der Waals surface area contributed by atoms with Gasteiger partial charge in [0.2, 0.25) is 0 Å².